The van der Waals surface area contributed by atoms with Crippen LogP contribution in [0, 0.1) is 22.7 Å². The van der Waals surface area contributed by atoms with Gasteiger partial charge in [-0.05, 0) is 79.4 Å². The van der Waals surface area contributed by atoms with E-state index >= 15 is 0 Å². The number of rotatable bonds is 2. The SMILES string of the molecule is C[C@]12CCC3=C4CCC(=O)C=C4CCC3C1CC[C@]2(C)C(=O)CCl. The summed E-state index contributed by atoms with van der Waals surface area (Å²) in [5.74, 6) is 1.91. The highest BCUT2D eigenvalue weighted by molar-refractivity contribution is 6.28. The van der Waals surface area contributed by atoms with Crippen LogP contribution >= 0.6 is 11.6 Å². The molecular formula is C21H27ClO2. The quantitative estimate of drug-likeness (QED) is 0.659. The topological polar surface area (TPSA) is 34.1 Å². The van der Waals surface area contributed by atoms with E-state index in [1.165, 1.54) is 11.1 Å². The van der Waals surface area contributed by atoms with Gasteiger partial charge in [-0.2, -0.15) is 0 Å². The highest BCUT2D eigenvalue weighted by Gasteiger charge is 2.61. The number of halogens is 1. The van der Waals surface area contributed by atoms with Gasteiger partial charge in [0.25, 0.3) is 0 Å². The molecule has 0 aromatic rings. The van der Waals surface area contributed by atoms with E-state index in [1.807, 2.05) is 6.08 Å². The highest BCUT2D eigenvalue weighted by Crippen LogP contribution is 2.66. The van der Waals surface area contributed by atoms with E-state index < -0.39 is 0 Å². The zero-order valence-corrected chi connectivity index (χ0v) is 15.5. The number of allylic oxidation sites excluding steroid dienone is 4. The lowest BCUT2D eigenvalue weighted by Crippen LogP contribution is -2.48. The van der Waals surface area contributed by atoms with Crippen molar-refractivity contribution in [1.29, 1.82) is 0 Å². The molecule has 0 spiro atoms. The molecule has 0 radical (unpaired) electrons. The standard InChI is InChI=1S/C21H27ClO2/c1-20-9-7-16-15-6-4-14(23)11-13(15)3-5-17(16)18(20)8-10-21(20,2)19(24)12-22/h11,17-18H,3-10,12H2,1-2H3/t17?,18?,20-,21+/m0/s1. The van der Waals surface area contributed by atoms with Crippen LogP contribution in [-0.4, -0.2) is 17.4 Å². The minimum absolute atomic E-state index is 0.0827. The summed E-state index contributed by atoms with van der Waals surface area (Å²) < 4.78 is 0. The van der Waals surface area contributed by atoms with E-state index in [2.05, 4.69) is 13.8 Å². The van der Waals surface area contributed by atoms with E-state index in [1.54, 1.807) is 5.57 Å². The molecular weight excluding hydrogens is 320 g/mol. The largest absolute Gasteiger partial charge is 0.298 e. The Morgan fingerprint density at radius 1 is 1.17 bits per heavy atom. The van der Waals surface area contributed by atoms with Crippen molar-refractivity contribution in [3.63, 3.8) is 0 Å². The normalized spacial score (nSPS) is 41.5. The van der Waals surface area contributed by atoms with E-state index in [4.69, 9.17) is 11.6 Å². The molecule has 0 aromatic heterocycles. The monoisotopic (exact) mass is 346 g/mol. The first-order chi connectivity index (χ1) is 11.4. The molecule has 4 rings (SSSR count). The molecule has 0 aromatic carbocycles. The maximum atomic E-state index is 12.6. The van der Waals surface area contributed by atoms with E-state index in [0.29, 0.717) is 24.0 Å². The van der Waals surface area contributed by atoms with Crippen LogP contribution in [0.15, 0.2) is 22.8 Å². The smallest absolute Gasteiger partial charge is 0.156 e. The first kappa shape index (κ1) is 16.6. The molecule has 0 saturated heterocycles. The van der Waals surface area contributed by atoms with Gasteiger partial charge in [-0.1, -0.05) is 19.4 Å². The summed E-state index contributed by atoms with van der Waals surface area (Å²) in [6, 6.07) is 0. The molecule has 0 heterocycles. The molecule has 0 N–H and O–H groups in total. The van der Waals surface area contributed by atoms with E-state index in [9.17, 15) is 9.59 Å². The van der Waals surface area contributed by atoms with Gasteiger partial charge in [-0.3, -0.25) is 9.59 Å². The lowest BCUT2D eigenvalue weighted by atomic mass is 9.52. The van der Waals surface area contributed by atoms with Gasteiger partial charge in [0.1, 0.15) is 0 Å². The fraction of sp³-hybridized carbons (Fsp3) is 0.714. The highest BCUT2D eigenvalue weighted by atomic mass is 35.5. The summed E-state index contributed by atoms with van der Waals surface area (Å²) in [7, 11) is 0. The molecule has 130 valence electrons. The Balaban J connectivity index is 1.72. The summed E-state index contributed by atoms with van der Waals surface area (Å²) in [4.78, 5) is 24.4. The zero-order chi connectivity index (χ0) is 17.1. The molecule has 4 aliphatic carbocycles. The Bertz CT molecular complexity index is 673. The van der Waals surface area contributed by atoms with Gasteiger partial charge in [0.05, 0.1) is 5.88 Å². The Morgan fingerprint density at radius 2 is 1.96 bits per heavy atom. The second-order valence-corrected chi connectivity index (χ2v) is 9.00. The molecule has 0 bridgehead atoms. The van der Waals surface area contributed by atoms with Gasteiger partial charge in [0, 0.05) is 11.8 Å². The first-order valence-electron chi connectivity index (χ1n) is 9.45. The van der Waals surface area contributed by atoms with Crippen LogP contribution in [0.25, 0.3) is 0 Å². The zero-order valence-electron chi connectivity index (χ0n) is 14.8. The molecule has 3 heteroatoms. The van der Waals surface area contributed by atoms with Crippen LogP contribution in [0.2, 0.25) is 0 Å². The van der Waals surface area contributed by atoms with Crippen LogP contribution in [0.5, 0.6) is 0 Å². The summed E-state index contributed by atoms with van der Waals surface area (Å²) >= 11 is 5.96. The van der Waals surface area contributed by atoms with Gasteiger partial charge >= 0.3 is 0 Å². The Labute approximate surface area is 149 Å². The predicted molar refractivity (Wildman–Crippen MR) is 96.0 cm³/mol. The van der Waals surface area contributed by atoms with Crippen molar-refractivity contribution in [1.82, 2.24) is 0 Å². The maximum Gasteiger partial charge on any atom is 0.156 e. The third kappa shape index (κ3) is 2.08. The van der Waals surface area contributed by atoms with Crippen molar-refractivity contribution in [2.24, 2.45) is 22.7 Å². The lowest BCUT2D eigenvalue weighted by Gasteiger charge is -2.52. The van der Waals surface area contributed by atoms with Crippen LogP contribution in [0.1, 0.15) is 65.2 Å². The average Bonchev–Trinajstić information content (AvgIpc) is 2.86. The van der Waals surface area contributed by atoms with Gasteiger partial charge in [0.15, 0.2) is 11.6 Å². The van der Waals surface area contributed by atoms with Crippen LogP contribution in [-0.2, 0) is 9.59 Å². The molecule has 4 aliphatic rings. The van der Waals surface area contributed by atoms with Gasteiger partial charge < -0.3 is 0 Å². The third-order valence-corrected chi connectivity index (χ3v) is 8.32. The van der Waals surface area contributed by atoms with Crippen molar-refractivity contribution < 1.29 is 9.59 Å². The fourth-order valence-electron chi connectivity index (χ4n) is 6.41. The predicted octanol–water partition coefficient (Wildman–Crippen LogP) is 5.01. The van der Waals surface area contributed by atoms with Crippen LogP contribution in [0.4, 0.5) is 0 Å². The van der Waals surface area contributed by atoms with Crippen LogP contribution in [0.3, 0.4) is 0 Å². The number of carbonyl (C=O) groups excluding carboxylic acids is 2. The van der Waals surface area contributed by atoms with Crippen LogP contribution < -0.4 is 0 Å². The Kier molecular flexibility index (Phi) is 3.84. The number of ketones is 2. The number of Topliss-reactive ketones (excluding diaryl/α,β-unsaturated/α-hetero) is 1. The molecule has 2 fully saturated rings. The summed E-state index contributed by atoms with van der Waals surface area (Å²) in [5, 5.41) is 0. The third-order valence-electron chi connectivity index (χ3n) is 8.07. The molecule has 2 nitrogen and oxygen atoms in total. The minimum Gasteiger partial charge on any atom is -0.298 e. The minimum atomic E-state index is -0.256. The number of hydrogen-bond acceptors (Lipinski definition) is 2. The number of fused-ring (bicyclic) bond motifs is 4. The molecule has 2 saturated carbocycles. The molecule has 2 unspecified atom stereocenters. The molecule has 24 heavy (non-hydrogen) atoms. The molecule has 0 amide bonds. The number of hydrogen-bond donors (Lipinski definition) is 0. The summed E-state index contributed by atoms with van der Waals surface area (Å²) in [5.41, 5.74) is 4.28. The van der Waals surface area contributed by atoms with Gasteiger partial charge in [0.2, 0.25) is 0 Å². The molecule has 0 aliphatic heterocycles. The number of carbonyl (C=O) groups is 2. The van der Waals surface area contributed by atoms with E-state index in [-0.39, 0.29) is 22.5 Å². The lowest BCUT2D eigenvalue weighted by molar-refractivity contribution is -0.133. The number of alkyl halides is 1. The second kappa shape index (κ2) is 5.56. The average molecular weight is 347 g/mol. The van der Waals surface area contributed by atoms with Crippen molar-refractivity contribution in [2.75, 3.05) is 5.88 Å². The maximum absolute atomic E-state index is 12.6. The summed E-state index contributed by atoms with van der Waals surface area (Å²) in [6.07, 6.45) is 10.1. The first-order valence-corrected chi connectivity index (χ1v) is 9.99. The van der Waals surface area contributed by atoms with E-state index in [0.717, 1.165) is 44.9 Å². The van der Waals surface area contributed by atoms with Crippen molar-refractivity contribution in [2.45, 2.75) is 65.2 Å². The second-order valence-electron chi connectivity index (χ2n) is 8.74. The van der Waals surface area contributed by atoms with Crippen molar-refractivity contribution in [3.05, 3.63) is 22.8 Å². The summed E-state index contributed by atoms with van der Waals surface area (Å²) in [6.45, 7) is 4.52. The Hall–Kier alpha value is -0.890. The molecule has 4 atom stereocenters. The van der Waals surface area contributed by atoms with Gasteiger partial charge in [-0.15, -0.1) is 11.6 Å². The van der Waals surface area contributed by atoms with Crippen molar-refractivity contribution >= 4 is 23.2 Å². The Morgan fingerprint density at radius 3 is 2.71 bits per heavy atom. The van der Waals surface area contributed by atoms with Gasteiger partial charge in [-0.25, -0.2) is 0 Å². The van der Waals surface area contributed by atoms with Crippen molar-refractivity contribution in [3.8, 4) is 0 Å². The fourth-order valence-corrected chi connectivity index (χ4v) is 6.70.